The first-order chi connectivity index (χ1) is 13.5. The average molecular weight is 397 g/mol. The maximum absolute atomic E-state index is 11.4. The number of amides is 1. The summed E-state index contributed by atoms with van der Waals surface area (Å²) >= 11 is 6.06. The summed E-state index contributed by atoms with van der Waals surface area (Å²) in [6, 6.07) is 7.58. The molecule has 3 aromatic rings. The predicted molar refractivity (Wildman–Crippen MR) is 109 cm³/mol. The van der Waals surface area contributed by atoms with Crippen LogP contribution in [0.2, 0.25) is 5.02 Å². The molecule has 8 heteroatoms. The van der Waals surface area contributed by atoms with E-state index in [4.69, 9.17) is 22.3 Å². The fourth-order valence-corrected chi connectivity index (χ4v) is 3.63. The van der Waals surface area contributed by atoms with Gasteiger partial charge in [-0.25, -0.2) is 15.0 Å². The van der Waals surface area contributed by atoms with Crippen molar-refractivity contribution in [2.45, 2.75) is 12.8 Å². The van der Waals surface area contributed by atoms with Crippen molar-refractivity contribution in [3.63, 3.8) is 0 Å². The molecule has 7 nitrogen and oxygen atoms in total. The van der Waals surface area contributed by atoms with Crippen molar-refractivity contribution in [3.8, 4) is 22.6 Å². The molecule has 144 valence electrons. The number of rotatable bonds is 4. The van der Waals surface area contributed by atoms with Gasteiger partial charge in [0, 0.05) is 55.2 Å². The zero-order valence-electron chi connectivity index (χ0n) is 15.5. The summed E-state index contributed by atoms with van der Waals surface area (Å²) in [5.41, 5.74) is 8.04. The van der Waals surface area contributed by atoms with Crippen molar-refractivity contribution in [2.24, 2.45) is 18.7 Å². The third kappa shape index (κ3) is 3.57. The van der Waals surface area contributed by atoms with Crippen LogP contribution < -0.4 is 10.6 Å². The van der Waals surface area contributed by atoms with Gasteiger partial charge < -0.3 is 15.2 Å². The Labute approximate surface area is 168 Å². The van der Waals surface area contributed by atoms with Crippen LogP contribution in [0.4, 0.5) is 5.95 Å². The zero-order valence-corrected chi connectivity index (χ0v) is 16.3. The van der Waals surface area contributed by atoms with Crippen molar-refractivity contribution < 1.29 is 4.79 Å². The number of hydrogen-bond acceptors (Lipinski definition) is 5. The van der Waals surface area contributed by atoms with Crippen LogP contribution in [0, 0.1) is 5.92 Å². The Morgan fingerprint density at radius 1 is 1.18 bits per heavy atom. The summed E-state index contributed by atoms with van der Waals surface area (Å²) < 4.78 is 1.94. The van der Waals surface area contributed by atoms with Crippen LogP contribution in [0.1, 0.15) is 12.8 Å². The molecule has 0 radical (unpaired) electrons. The van der Waals surface area contributed by atoms with E-state index in [2.05, 4.69) is 14.9 Å². The molecule has 1 aromatic carbocycles. The Bertz CT molecular complexity index is 992. The second kappa shape index (κ2) is 7.59. The Morgan fingerprint density at radius 2 is 1.89 bits per heavy atom. The van der Waals surface area contributed by atoms with E-state index in [0.29, 0.717) is 24.1 Å². The number of imidazole rings is 1. The average Bonchev–Trinajstić information content (AvgIpc) is 3.14. The quantitative estimate of drug-likeness (QED) is 0.732. The number of hydrogen-bond donors (Lipinski definition) is 1. The van der Waals surface area contributed by atoms with Crippen molar-refractivity contribution >= 4 is 23.5 Å². The molecule has 28 heavy (non-hydrogen) atoms. The van der Waals surface area contributed by atoms with Crippen LogP contribution in [0.3, 0.4) is 0 Å². The predicted octanol–water partition coefficient (Wildman–Crippen LogP) is 2.90. The summed E-state index contributed by atoms with van der Waals surface area (Å²) in [7, 11) is 1.94. The fraction of sp³-hybridized carbons (Fsp3) is 0.300. The second-order valence-electron chi connectivity index (χ2n) is 6.96. The topological polar surface area (TPSA) is 89.9 Å². The van der Waals surface area contributed by atoms with E-state index < -0.39 is 0 Å². The highest BCUT2D eigenvalue weighted by molar-refractivity contribution is 6.30. The maximum Gasteiger partial charge on any atom is 0.225 e. The van der Waals surface area contributed by atoms with Gasteiger partial charge in [-0.15, -0.1) is 0 Å². The van der Waals surface area contributed by atoms with Gasteiger partial charge in [-0.3, -0.25) is 4.79 Å². The number of piperidine rings is 1. The molecule has 0 aliphatic carbocycles. The molecule has 0 unspecified atom stereocenters. The number of carbonyl (C=O) groups excluding carboxylic acids is 1. The smallest absolute Gasteiger partial charge is 0.225 e. The minimum Gasteiger partial charge on any atom is -0.369 e. The van der Waals surface area contributed by atoms with Crippen molar-refractivity contribution in [1.82, 2.24) is 19.5 Å². The summed E-state index contributed by atoms with van der Waals surface area (Å²) in [5, 5.41) is 0.671. The minimum absolute atomic E-state index is 0.0705. The number of primary amides is 1. The third-order valence-corrected chi connectivity index (χ3v) is 5.39. The van der Waals surface area contributed by atoms with E-state index in [0.717, 1.165) is 35.5 Å². The number of nitrogens with two attached hydrogens (primary N) is 1. The normalized spacial score (nSPS) is 15.0. The molecular formula is C20H21ClN6O. The number of anilines is 1. The molecule has 3 heterocycles. The first-order valence-corrected chi connectivity index (χ1v) is 9.55. The number of aromatic nitrogens is 4. The van der Waals surface area contributed by atoms with Gasteiger partial charge in [-0.05, 0) is 25.0 Å². The van der Waals surface area contributed by atoms with Gasteiger partial charge in [0.05, 0.1) is 11.3 Å². The molecule has 1 saturated heterocycles. The highest BCUT2D eigenvalue weighted by Crippen LogP contribution is 2.32. The van der Waals surface area contributed by atoms with Gasteiger partial charge in [0.25, 0.3) is 0 Å². The molecule has 4 rings (SSSR count). The van der Waals surface area contributed by atoms with Gasteiger partial charge in [-0.2, -0.15) is 0 Å². The first kappa shape index (κ1) is 18.4. The molecule has 2 N–H and O–H groups in total. The number of benzene rings is 1. The number of aryl methyl sites for hydroxylation is 1. The molecule has 0 spiro atoms. The van der Waals surface area contributed by atoms with E-state index in [-0.39, 0.29) is 11.8 Å². The second-order valence-corrected chi connectivity index (χ2v) is 7.40. The molecule has 0 bridgehead atoms. The van der Waals surface area contributed by atoms with Crippen molar-refractivity contribution in [1.29, 1.82) is 0 Å². The first-order valence-electron chi connectivity index (χ1n) is 9.18. The number of nitrogens with zero attached hydrogens (tertiary/aromatic N) is 5. The van der Waals surface area contributed by atoms with Crippen LogP contribution in [0.15, 0.2) is 42.9 Å². The van der Waals surface area contributed by atoms with Gasteiger partial charge in [-0.1, -0.05) is 23.7 Å². The summed E-state index contributed by atoms with van der Waals surface area (Å²) in [6.07, 6.45) is 6.90. The van der Waals surface area contributed by atoms with E-state index in [9.17, 15) is 4.79 Å². The molecule has 0 atom stereocenters. The number of carbonyl (C=O) groups is 1. The molecule has 1 aliphatic rings. The zero-order chi connectivity index (χ0) is 19.7. The van der Waals surface area contributed by atoms with Crippen molar-refractivity contribution in [3.05, 3.63) is 47.9 Å². The molecule has 2 aromatic heterocycles. The summed E-state index contributed by atoms with van der Waals surface area (Å²) in [4.78, 5) is 27.4. The van der Waals surface area contributed by atoms with Crippen LogP contribution in [0.25, 0.3) is 22.6 Å². The molecule has 1 amide bonds. The minimum atomic E-state index is -0.229. The van der Waals surface area contributed by atoms with Crippen molar-refractivity contribution in [2.75, 3.05) is 18.0 Å². The highest BCUT2D eigenvalue weighted by Gasteiger charge is 2.25. The largest absolute Gasteiger partial charge is 0.369 e. The molecular weight excluding hydrogens is 376 g/mol. The standard InChI is InChI=1S/C20H21ClN6O/c1-26-11-8-23-19(26)16-12-24-20(27-9-6-14(7-10-27)18(22)28)25-17(16)13-2-4-15(21)5-3-13/h2-5,8,11-12,14H,6-7,9-10H2,1H3,(H2,22,28). The van der Waals surface area contributed by atoms with E-state index >= 15 is 0 Å². The Kier molecular flexibility index (Phi) is 5.00. The van der Waals surface area contributed by atoms with Gasteiger partial charge >= 0.3 is 0 Å². The van der Waals surface area contributed by atoms with Crippen LogP contribution >= 0.6 is 11.6 Å². The van der Waals surface area contributed by atoms with Gasteiger partial charge in [0.1, 0.15) is 5.82 Å². The Hall–Kier alpha value is -2.93. The maximum atomic E-state index is 11.4. The lowest BCUT2D eigenvalue weighted by molar-refractivity contribution is -0.122. The summed E-state index contributed by atoms with van der Waals surface area (Å²) in [5.74, 6) is 1.14. The molecule has 1 fully saturated rings. The van der Waals surface area contributed by atoms with Crippen LogP contribution in [0.5, 0.6) is 0 Å². The lowest BCUT2D eigenvalue weighted by Gasteiger charge is -2.30. The SMILES string of the molecule is Cn1ccnc1-c1cnc(N2CCC(C(N)=O)CC2)nc1-c1ccc(Cl)cc1. The fourth-order valence-electron chi connectivity index (χ4n) is 3.51. The molecule has 0 saturated carbocycles. The lowest BCUT2D eigenvalue weighted by Crippen LogP contribution is -2.39. The van der Waals surface area contributed by atoms with Gasteiger partial charge in [0.2, 0.25) is 11.9 Å². The van der Waals surface area contributed by atoms with Gasteiger partial charge in [0.15, 0.2) is 0 Å². The lowest BCUT2D eigenvalue weighted by atomic mass is 9.96. The van der Waals surface area contributed by atoms with E-state index in [1.165, 1.54) is 0 Å². The van der Waals surface area contributed by atoms with E-state index in [1.807, 2.05) is 48.3 Å². The monoisotopic (exact) mass is 396 g/mol. The third-order valence-electron chi connectivity index (χ3n) is 5.14. The molecule has 1 aliphatic heterocycles. The van der Waals surface area contributed by atoms with E-state index in [1.54, 1.807) is 6.20 Å². The number of halogens is 1. The Morgan fingerprint density at radius 3 is 2.50 bits per heavy atom. The van der Waals surface area contributed by atoms with Crippen LogP contribution in [-0.2, 0) is 11.8 Å². The Balaban J connectivity index is 1.73. The van der Waals surface area contributed by atoms with Crippen LogP contribution in [-0.4, -0.2) is 38.5 Å². The highest BCUT2D eigenvalue weighted by atomic mass is 35.5. The summed E-state index contributed by atoms with van der Waals surface area (Å²) in [6.45, 7) is 1.41.